The van der Waals surface area contributed by atoms with Crippen LogP contribution in [0.1, 0.15) is 83.3 Å². The number of imide groups is 1. The fraction of sp³-hybridized carbons (Fsp3) is 0.400. The second-order valence-electron chi connectivity index (χ2n) is 17.6. The smallest absolute Gasteiger partial charge is 0.261 e. The Labute approximate surface area is 369 Å². The first-order chi connectivity index (χ1) is 28.9. The zero-order valence-electron chi connectivity index (χ0n) is 35.1. The molecule has 8 nitrogen and oxygen atoms in total. The van der Waals surface area contributed by atoms with Crippen molar-refractivity contribution in [3.05, 3.63) is 129 Å². The number of phenols is 1. The zero-order valence-corrected chi connectivity index (χ0v) is 38.3. The molecule has 0 aromatic heterocycles. The number of methoxy groups -OCH3 is 1. The molecule has 1 heterocycles. The Hall–Kier alpha value is -4.07. The number of fused-ring (bicyclic) bond motifs is 1. The largest absolute Gasteiger partial charge is 0.504 e. The molecule has 2 aliphatic carbocycles. The van der Waals surface area contributed by atoms with Crippen LogP contribution in [0.15, 0.2) is 114 Å². The first-order valence-corrected chi connectivity index (χ1v) is 24.3. The maximum atomic E-state index is 14.5. The van der Waals surface area contributed by atoms with E-state index in [9.17, 15) is 24.9 Å². The van der Waals surface area contributed by atoms with Crippen LogP contribution in [0.5, 0.6) is 11.5 Å². The number of rotatable bonds is 14. The Bertz CT molecular complexity index is 2160. The highest BCUT2D eigenvalue weighted by molar-refractivity contribution is 14.1. The van der Waals surface area contributed by atoms with Crippen LogP contribution in [-0.4, -0.2) is 72.8 Å². The molecule has 4 atom stereocenters. The van der Waals surface area contributed by atoms with E-state index < -0.39 is 32.2 Å². The van der Waals surface area contributed by atoms with Crippen LogP contribution in [0, 0.1) is 21.3 Å². The normalized spacial score (nSPS) is 21.0. The number of likely N-dealkylation sites (tertiary alicyclic amines) is 1. The number of carbonyl (C=O) groups excluding carboxylic acids is 2. The van der Waals surface area contributed by atoms with Gasteiger partial charge in [-0.05, 0) is 110 Å². The summed E-state index contributed by atoms with van der Waals surface area (Å²) in [4.78, 5) is 30.5. The molecule has 0 unspecified atom stereocenters. The number of phenolic OH excluding ortho intramolecular Hbond substituents is 1. The van der Waals surface area contributed by atoms with Gasteiger partial charge in [-0.3, -0.25) is 14.5 Å². The third-order valence-electron chi connectivity index (χ3n) is 13.0. The molecule has 4 aromatic carbocycles. The van der Waals surface area contributed by atoms with Crippen LogP contribution >= 0.6 is 22.6 Å². The van der Waals surface area contributed by atoms with Gasteiger partial charge in [-0.1, -0.05) is 137 Å². The molecule has 0 radical (unpaired) electrons. The monoisotopic (exact) mass is 939 g/mol. The summed E-state index contributed by atoms with van der Waals surface area (Å²) < 4.78 is 13.6. The minimum Gasteiger partial charge on any atom is -0.504 e. The van der Waals surface area contributed by atoms with Crippen LogP contribution in [-0.2, 0) is 14.0 Å². The lowest BCUT2D eigenvalue weighted by Crippen LogP contribution is -2.66. The minimum absolute atomic E-state index is 0.0827. The van der Waals surface area contributed by atoms with Gasteiger partial charge in [-0.2, -0.15) is 0 Å². The van der Waals surface area contributed by atoms with Crippen molar-refractivity contribution < 1.29 is 34.1 Å². The molecule has 2 amide bonds. The Morgan fingerprint density at radius 2 is 1.50 bits per heavy atom. The van der Waals surface area contributed by atoms with Crippen LogP contribution in [0.25, 0.3) is 11.6 Å². The van der Waals surface area contributed by atoms with Gasteiger partial charge in [0.1, 0.15) is 0 Å². The number of amides is 2. The third-order valence-corrected chi connectivity index (χ3v) is 18.8. The number of aliphatic hydroxyl groups excluding tert-OH is 2. The first-order valence-electron chi connectivity index (χ1n) is 21.3. The SMILES string of the molecule is COc1cc(/C=C(/CC[C@@H](O)C2=C(CO[Si](c3ccccc3)(c3ccccc3)C(C)(C)C)C[C@H]3C(=O)N(C4CCCCC4)C(=O)[C@H]3[C@H]2CO)c2ccccc2)cc(I)c1O. The summed E-state index contributed by atoms with van der Waals surface area (Å²) in [6.07, 6.45) is 6.72. The van der Waals surface area contributed by atoms with Gasteiger partial charge < -0.3 is 24.5 Å². The summed E-state index contributed by atoms with van der Waals surface area (Å²) in [6.45, 7) is 6.44. The molecule has 0 spiro atoms. The van der Waals surface area contributed by atoms with Crippen LogP contribution < -0.4 is 15.1 Å². The lowest BCUT2D eigenvalue weighted by Gasteiger charge is -2.44. The Kier molecular flexibility index (Phi) is 13.9. The molecule has 60 heavy (non-hydrogen) atoms. The molecular formula is C50H58INO7Si. The van der Waals surface area contributed by atoms with Crippen molar-refractivity contribution in [3.8, 4) is 11.5 Å². The molecule has 1 saturated carbocycles. The highest BCUT2D eigenvalue weighted by Crippen LogP contribution is 2.49. The van der Waals surface area contributed by atoms with Gasteiger partial charge in [0.2, 0.25) is 11.8 Å². The molecule has 7 rings (SSSR count). The van der Waals surface area contributed by atoms with Gasteiger partial charge in [0.25, 0.3) is 8.32 Å². The number of halogens is 1. The van der Waals surface area contributed by atoms with Crippen molar-refractivity contribution in [1.29, 1.82) is 0 Å². The standard InChI is InChI=1S/C50H58INO7Si/c1-50(2,3)60(38-21-13-7-14-22-38,39-23-15-8-16-24-39)59-32-36-30-40-46(49(57)52(48(40)56)37-19-11-6-12-20-37)41(31-53)45(36)43(54)26-25-35(34-17-9-5-10-18-34)27-33-28-42(51)47(55)44(29-33)58-4/h5,7-10,13-18,21-24,27-29,37,40-41,43,46,53-55H,6,11-12,19-20,25-26,30-32H2,1-4H3/b35-27-/t40-,41+,43-,46-/m1/s1. The molecule has 316 valence electrons. The highest BCUT2D eigenvalue weighted by Gasteiger charge is 2.57. The molecule has 1 aliphatic heterocycles. The number of hydrogen-bond acceptors (Lipinski definition) is 7. The van der Waals surface area contributed by atoms with E-state index in [2.05, 4.69) is 73.7 Å². The van der Waals surface area contributed by atoms with E-state index in [1.807, 2.05) is 72.8 Å². The summed E-state index contributed by atoms with van der Waals surface area (Å²) in [6, 6.07) is 34.3. The van der Waals surface area contributed by atoms with Crippen molar-refractivity contribution in [3.63, 3.8) is 0 Å². The Morgan fingerprint density at radius 1 is 0.900 bits per heavy atom. The lowest BCUT2D eigenvalue weighted by molar-refractivity contribution is -0.143. The molecule has 10 heteroatoms. The maximum Gasteiger partial charge on any atom is 0.261 e. The number of carbonyl (C=O) groups is 2. The number of hydrogen-bond donors (Lipinski definition) is 3. The number of benzene rings is 4. The summed E-state index contributed by atoms with van der Waals surface area (Å²) in [5.41, 5.74) is 4.21. The number of aromatic hydroxyl groups is 1. The quantitative estimate of drug-likeness (QED) is 0.0382. The van der Waals surface area contributed by atoms with E-state index in [0.29, 0.717) is 27.7 Å². The van der Waals surface area contributed by atoms with Crippen molar-refractivity contribution >= 4 is 64.7 Å². The van der Waals surface area contributed by atoms with Gasteiger partial charge in [-0.15, -0.1) is 0 Å². The van der Waals surface area contributed by atoms with Gasteiger partial charge in [0, 0.05) is 12.0 Å². The van der Waals surface area contributed by atoms with Crippen LogP contribution in [0.2, 0.25) is 5.04 Å². The lowest BCUT2D eigenvalue weighted by atomic mass is 9.68. The average molecular weight is 940 g/mol. The molecule has 2 fully saturated rings. The summed E-state index contributed by atoms with van der Waals surface area (Å²) in [5, 5.41) is 36.4. The predicted molar refractivity (Wildman–Crippen MR) is 248 cm³/mol. The summed E-state index contributed by atoms with van der Waals surface area (Å²) in [7, 11) is -1.53. The van der Waals surface area contributed by atoms with Crippen molar-refractivity contribution in [2.24, 2.45) is 17.8 Å². The van der Waals surface area contributed by atoms with Crippen LogP contribution in [0.3, 0.4) is 0 Å². The van der Waals surface area contributed by atoms with E-state index in [1.54, 1.807) is 6.07 Å². The zero-order chi connectivity index (χ0) is 42.6. The number of allylic oxidation sites excluding steroid dienone is 1. The second kappa shape index (κ2) is 18.9. The predicted octanol–water partition coefficient (Wildman–Crippen LogP) is 8.51. The molecule has 3 N–H and O–H groups in total. The second-order valence-corrected chi connectivity index (χ2v) is 23.1. The topological polar surface area (TPSA) is 117 Å². The van der Waals surface area contributed by atoms with E-state index in [-0.39, 0.29) is 48.3 Å². The van der Waals surface area contributed by atoms with Gasteiger partial charge in [-0.25, -0.2) is 0 Å². The van der Waals surface area contributed by atoms with E-state index in [0.717, 1.165) is 64.8 Å². The van der Waals surface area contributed by atoms with E-state index in [4.69, 9.17) is 9.16 Å². The molecular weight excluding hydrogens is 882 g/mol. The van der Waals surface area contributed by atoms with Crippen molar-refractivity contribution in [1.82, 2.24) is 4.90 Å². The maximum absolute atomic E-state index is 14.5. The molecule has 1 saturated heterocycles. The van der Waals surface area contributed by atoms with E-state index in [1.165, 1.54) is 12.0 Å². The van der Waals surface area contributed by atoms with E-state index >= 15 is 0 Å². The van der Waals surface area contributed by atoms with Gasteiger partial charge >= 0.3 is 0 Å². The summed E-state index contributed by atoms with van der Waals surface area (Å²) in [5.74, 6) is -2.03. The fourth-order valence-electron chi connectivity index (χ4n) is 10.2. The van der Waals surface area contributed by atoms with Gasteiger partial charge in [0.05, 0.1) is 41.8 Å². The van der Waals surface area contributed by atoms with Gasteiger partial charge in [0.15, 0.2) is 11.5 Å². The van der Waals surface area contributed by atoms with Crippen LogP contribution in [0.4, 0.5) is 0 Å². The first kappa shape index (κ1) is 44.0. The number of nitrogens with zero attached hydrogens (tertiary/aromatic N) is 1. The van der Waals surface area contributed by atoms with Crippen molar-refractivity contribution in [2.45, 2.75) is 89.3 Å². The average Bonchev–Trinajstić information content (AvgIpc) is 3.51. The number of aliphatic hydroxyl groups is 2. The number of ether oxygens (including phenoxy) is 1. The fourth-order valence-corrected chi connectivity index (χ4v) is 15.4. The molecule has 4 aromatic rings. The Balaban J connectivity index is 1.30. The molecule has 3 aliphatic rings. The Morgan fingerprint density at radius 3 is 2.07 bits per heavy atom. The minimum atomic E-state index is -3.05. The molecule has 0 bridgehead atoms. The van der Waals surface area contributed by atoms with Crippen molar-refractivity contribution in [2.75, 3.05) is 20.3 Å². The highest BCUT2D eigenvalue weighted by atomic mass is 127. The third kappa shape index (κ3) is 8.68. The summed E-state index contributed by atoms with van der Waals surface area (Å²) >= 11 is 2.09.